The average Bonchev–Trinajstić information content (AvgIpc) is 3.01. The summed E-state index contributed by atoms with van der Waals surface area (Å²) in [7, 11) is 0. The molecule has 3 N–H and O–H groups in total. The fourth-order valence-electron chi connectivity index (χ4n) is 4.95. The first kappa shape index (κ1) is 29.6. The number of nitrogens with one attached hydrogen (secondary N) is 1. The van der Waals surface area contributed by atoms with Crippen LogP contribution in [0.4, 0.5) is 11.4 Å². The molecule has 0 atom stereocenters. The first-order chi connectivity index (χ1) is 20.5. The van der Waals surface area contributed by atoms with Crippen molar-refractivity contribution in [3.8, 4) is 0 Å². The number of ether oxygens (including phenoxy) is 4. The molecule has 1 amide bonds. The minimum atomic E-state index is -0.372. The van der Waals surface area contributed by atoms with E-state index in [0.717, 1.165) is 18.7 Å². The van der Waals surface area contributed by atoms with Crippen molar-refractivity contribution in [2.75, 3.05) is 77.0 Å². The van der Waals surface area contributed by atoms with Gasteiger partial charge in [-0.1, -0.05) is 36.4 Å². The summed E-state index contributed by atoms with van der Waals surface area (Å²) in [6, 6.07) is 17.1. The molecule has 1 fully saturated rings. The van der Waals surface area contributed by atoms with Crippen molar-refractivity contribution in [1.29, 1.82) is 0 Å². The summed E-state index contributed by atoms with van der Waals surface area (Å²) in [6.07, 6.45) is 0. The van der Waals surface area contributed by atoms with Gasteiger partial charge in [0.25, 0.3) is 5.91 Å². The van der Waals surface area contributed by atoms with Crippen molar-refractivity contribution in [3.05, 3.63) is 94.0 Å². The number of fused-ring (bicyclic) bond motifs is 2. The number of ketones is 2. The summed E-state index contributed by atoms with van der Waals surface area (Å²) in [6.45, 7) is 6.46. The molecule has 0 radical (unpaired) electrons. The van der Waals surface area contributed by atoms with Crippen LogP contribution in [0.5, 0.6) is 0 Å². The fourth-order valence-corrected chi connectivity index (χ4v) is 4.95. The molecule has 2 aliphatic rings. The summed E-state index contributed by atoms with van der Waals surface area (Å²) >= 11 is 0. The Balaban J connectivity index is 1.22. The summed E-state index contributed by atoms with van der Waals surface area (Å²) in [5.41, 5.74) is 9.16. The van der Waals surface area contributed by atoms with Crippen LogP contribution in [0.25, 0.3) is 0 Å². The molecule has 0 unspecified atom stereocenters. The topological polar surface area (TPSA) is 129 Å². The van der Waals surface area contributed by atoms with Crippen LogP contribution in [-0.4, -0.2) is 88.3 Å². The number of nitrogen functional groups attached to an aromatic ring is 1. The van der Waals surface area contributed by atoms with Crippen LogP contribution in [0.1, 0.15) is 47.8 Å². The van der Waals surface area contributed by atoms with Crippen LogP contribution in [0.15, 0.2) is 60.7 Å². The monoisotopic (exact) mass is 573 g/mol. The minimum Gasteiger partial charge on any atom is -0.396 e. The lowest BCUT2D eigenvalue weighted by Gasteiger charge is -2.22. The zero-order valence-electron chi connectivity index (χ0n) is 23.4. The van der Waals surface area contributed by atoms with Crippen molar-refractivity contribution in [2.24, 2.45) is 0 Å². The maximum Gasteiger partial charge on any atom is 0.255 e. The van der Waals surface area contributed by atoms with E-state index in [0.29, 0.717) is 76.1 Å². The van der Waals surface area contributed by atoms with Crippen LogP contribution in [0, 0.1) is 0 Å². The van der Waals surface area contributed by atoms with Gasteiger partial charge >= 0.3 is 0 Å². The molecule has 0 bridgehead atoms. The first-order valence-corrected chi connectivity index (χ1v) is 14.1. The van der Waals surface area contributed by atoms with Crippen molar-refractivity contribution < 1.29 is 33.3 Å². The number of anilines is 2. The van der Waals surface area contributed by atoms with Gasteiger partial charge in [-0.15, -0.1) is 0 Å². The predicted molar refractivity (Wildman–Crippen MR) is 157 cm³/mol. The molecule has 0 spiro atoms. The summed E-state index contributed by atoms with van der Waals surface area (Å²) in [4.78, 5) is 41.4. The zero-order valence-corrected chi connectivity index (χ0v) is 23.4. The number of rotatable bonds is 4. The predicted octanol–water partition coefficient (Wildman–Crippen LogP) is 3.18. The Hall–Kier alpha value is -3.93. The van der Waals surface area contributed by atoms with E-state index in [1.807, 2.05) is 12.1 Å². The zero-order chi connectivity index (χ0) is 29.3. The third kappa shape index (κ3) is 7.10. The normalized spacial score (nSPS) is 17.4. The summed E-state index contributed by atoms with van der Waals surface area (Å²) in [5, 5.41) is 2.80. The number of carbonyl (C=O) groups excluding carboxylic acids is 3. The van der Waals surface area contributed by atoms with Gasteiger partial charge in [0.2, 0.25) is 0 Å². The highest BCUT2D eigenvalue weighted by Gasteiger charge is 2.32. The number of nitrogens with zero attached hydrogens (tertiary/aromatic N) is 1. The van der Waals surface area contributed by atoms with Crippen molar-refractivity contribution in [2.45, 2.75) is 6.54 Å². The maximum absolute atomic E-state index is 13.2. The van der Waals surface area contributed by atoms with Crippen molar-refractivity contribution >= 4 is 28.8 Å². The lowest BCUT2D eigenvalue weighted by molar-refractivity contribution is 0.00206. The minimum absolute atomic E-state index is 0.0742. The van der Waals surface area contributed by atoms with E-state index in [4.69, 9.17) is 24.7 Å². The molecule has 1 aliphatic heterocycles. The average molecular weight is 574 g/mol. The van der Waals surface area contributed by atoms with Crippen LogP contribution in [0.3, 0.4) is 0 Å². The highest BCUT2D eigenvalue weighted by Crippen LogP contribution is 2.35. The third-order valence-corrected chi connectivity index (χ3v) is 7.22. The number of hydrogen-bond acceptors (Lipinski definition) is 9. The Morgan fingerprint density at radius 3 is 1.83 bits per heavy atom. The van der Waals surface area contributed by atoms with E-state index < -0.39 is 0 Å². The number of nitrogens with two attached hydrogens (primary N) is 1. The molecule has 3 aromatic rings. The number of hydrogen-bond donors (Lipinski definition) is 2. The van der Waals surface area contributed by atoms with E-state index in [2.05, 4.69) is 10.2 Å². The van der Waals surface area contributed by atoms with Crippen LogP contribution >= 0.6 is 0 Å². The smallest absolute Gasteiger partial charge is 0.255 e. The molecule has 10 nitrogen and oxygen atoms in total. The molecule has 1 heterocycles. The molecular formula is C32H35N3O7. The Labute approximate surface area is 244 Å². The molecule has 0 aromatic heterocycles. The molecule has 1 aliphatic carbocycles. The molecule has 1 saturated heterocycles. The molecule has 5 rings (SSSR count). The maximum atomic E-state index is 13.2. The van der Waals surface area contributed by atoms with Gasteiger partial charge in [0.05, 0.1) is 69.8 Å². The SMILES string of the molecule is Nc1c(NC(=O)c2ccc(CN3CCOCCOCCOCCOCC3)cc2)ccc2c1C(=O)c1ccccc1C2=O. The van der Waals surface area contributed by atoms with Gasteiger partial charge < -0.3 is 30.0 Å². The lowest BCUT2D eigenvalue weighted by Crippen LogP contribution is -2.31. The molecule has 220 valence electrons. The standard InChI is InChI=1S/C32H35N3O7/c33-29-27(10-9-26-28(29)31(37)25-4-2-1-3-24(25)30(26)36)34-32(38)23-7-5-22(6-8-23)21-35-11-13-39-15-17-41-19-20-42-18-16-40-14-12-35/h1-10H,11-21,33H2,(H,34,38). The molecular weight excluding hydrogens is 538 g/mol. The van der Waals surface area contributed by atoms with Crippen LogP contribution < -0.4 is 11.1 Å². The first-order valence-electron chi connectivity index (χ1n) is 14.1. The van der Waals surface area contributed by atoms with E-state index in [1.54, 1.807) is 42.5 Å². The number of amides is 1. The lowest BCUT2D eigenvalue weighted by atomic mass is 9.83. The highest BCUT2D eigenvalue weighted by molar-refractivity contribution is 6.31. The third-order valence-electron chi connectivity index (χ3n) is 7.22. The van der Waals surface area contributed by atoms with Gasteiger partial charge in [0.1, 0.15) is 0 Å². The second-order valence-electron chi connectivity index (χ2n) is 10.0. The van der Waals surface area contributed by atoms with E-state index in [9.17, 15) is 14.4 Å². The Bertz CT molecular complexity index is 1410. The van der Waals surface area contributed by atoms with E-state index in [-0.39, 0.29) is 40.0 Å². The fraction of sp³-hybridized carbons (Fsp3) is 0.344. The second kappa shape index (κ2) is 14.3. The molecule has 3 aromatic carbocycles. The van der Waals surface area contributed by atoms with Gasteiger partial charge in [-0.2, -0.15) is 0 Å². The second-order valence-corrected chi connectivity index (χ2v) is 10.0. The van der Waals surface area contributed by atoms with E-state index in [1.165, 1.54) is 6.07 Å². The van der Waals surface area contributed by atoms with Gasteiger partial charge in [-0.25, -0.2) is 0 Å². The Morgan fingerprint density at radius 2 is 1.24 bits per heavy atom. The molecule has 0 saturated carbocycles. The summed E-state index contributed by atoms with van der Waals surface area (Å²) in [5.74, 6) is -0.970. The molecule has 42 heavy (non-hydrogen) atoms. The van der Waals surface area contributed by atoms with Gasteiger partial charge in [-0.3, -0.25) is 19.3 Å². The van der Waals surface area contributed by atoms with Crippen molar-refractivity contribution in [3.63, 3.8) is 0 Å². The quantitative estimate of drug-likeness (QED) is 0.354. The Morgan fingerprint density at radius 1 is 0.690 bits per heavy atom. The van der Waals surface area contributed by atoms with Crippen LogP contribution in [0.2, 0.25) is 0 Å². The highest BCUT2D eigenvalue weighted by atomic mass is 16.6. The largest absolute Gasteiger partial charge is 0.396 e. The van der Waals surface area contributed by atoms with E-state index >= 15 is 0 Å². The van der Waals surface area contributed by atoms with Gasteiger partial charge in [-0.05, 0) is 29.8 Å². The number of benzene rings is 3. The van der Waals surface area contributed by atoms with Gasteiger partial charge in [0, 0.05) is 41.9 Å². The van der Waals surface area contributed by atoms with Crippen molar-refractivity contribution in [1.82, 2.24) is 4.90 Å². The number of carbonyl (C=O) groups is 3. The summed E-state index contributed by atoms with van der Waals surface area (Å²) < 4.78 is 22.4. The Kier molecular flexibility index (Phi) is 10.1. The van der Waals surface area contributed by atoms with Crippen LogP contribution in [-0.2, 0) is 25.5 Å². The molecule has 10 heteroatoms. The van der Waals surface area contributed by atoms with Gasteiger partial charge in [0.15, 0.2) is 11.6 Å².